The summed E-state index contributed by atoms with van der Waals surface area (Å²) in [6.07, 6.45) is 3.42. The van der Waals surface area contributed by atoms with Crippen LogP contribution in [0.3, 0.4) is 0 Å². The van der Waals surface area contributed by atoms with E-state index in [1.54, 1.807) is 13.4 Å². The maximum Gasteiger partial charge on any atom is 0.254 e. The van der Waals surface area contributed by atoms with Gasteiger partial charge in [0.05, 0.1) is 12.3 Å². The summed E-state index contributed by atoms with van der Waals surface area (Å²) in [4.78, 5) is 20.5. The molecule has 3 aromatic rings. The first-order valence-electron chi connectivity index (χ1n) is 9.65. The predicted molar refractivity (Wildman–Crippen MR) is 106 cm³/mol. The van der Waals surface area contributed by atoms with E-state index >= 15 is 0 Å². The molecular formula is C19H24N8O. The van der Waals surface area contributed by atoms with Crippen molar-refractivity contribution in [3.8, 4) is 0 Å². The van der Waals surface area contributed by atoms with Crippen molar-refractivity contribution in [1.29, 1.82) is 0 Å². The van der Waals surface area contributed by atoms with Gasteiger partial charge < -0.3 is 14.5 Å². The number of methoxy groups -OCH3 is 1. The van der Waals surface area contributed by atoms with Crippen molar-refractivity contribution in [3.05, 3.63) is 42.5 Å². The normalized spacial score (nSPS) is 18.6. The van der Waals surface area contributed by atoms with E-state index in [2.05, 4.69) is 52.9 Å². The first-order valence-corrected chi connectivity index (χ1v) is 9.65. The van der Waals surface area contributed by atoms with E-state index in [1.165, 1.54) is 0 Å². The van der Waals surface area contributed by atoms with Gasteiger partial charge in [-0.3, -0.25) is 4.90 Å². The van der Waals surface area contributed by atoms with Gasteiger partial charge in [-0.25, -0.2) is 9.97 Å². The van der Waals surface area contributed by atoms with Gasteiger partial charge in [-0.1, -0.05) is 6.07 Å². The number of rotatable bonds is 5. The lowest BCUT2D eigenvalue weighted by Gasteiger charge is -2.49. The van der Waals surface area contributed by atoms with Crippen molar-refractivity contribution in [1.82, 2.24) is 29.5 Å². The minimum Gasteiger partial charge on any atom is -0.378 e. The molecule has 28 heavy (non-hydrogen) atoms. The molecule has 0 atom stereocenters. The topological polar surface area (TPSA) is 74.9 Å². The van der Waals surface area contributed by atoms with Crippen molar-refractivity contribution < 1.29 is 4.74 Å². The Kier molecular flexibility index (Phi) is 4.53. The Morgan fingerprint density at radius 2 is 1.93 bits per heavy atom. The first kappa shape index (κ1) is 17.3. The molecule has 0 aromatic carbocycles. The largest absolute Gasteiger partial charge is 0.378 e. The average Bonchev–Trinajstić information content (AvgIpc) is 3.17. The Bertz CT molecular complexity index is 932. The van der Waals surface area contributed by atoms with Crippen LogP contribution in [0, 0.1) is 0 Å². The third-order valence-corrected chi connectivity index (χ3v) is 5.57. The van der Waals surface area contributed by atoms with Gasteiger partial charge in [-0.05, 0) is 12.1 Å². The van der Waals surface area contributed by atoms with Crippen LogP contribution in [0.5, 0.6) is 0 Å². The zero-order valence-electron chi connectivity index (χ0n) is 16.0. The molecule has 0 N–H and O–H groups in total. The molecule has 9 heteroatoms. The van der Waals surface area contributed by atoms with E-state index in [0.29, 0.717) is 18.4 Å². The lowest BCUT2D eigenvalue weighted by atomic mass is 10.1. The van der Waals surface area contributed by atoms with Gasteiger partial charge in [0.1, 0.15) is 18.0 Å². The molecule has 146 valence electrons. The second kappa shape index (κ2) is 7.33. The molecule has 0 unspecified atom stereocenters. The third-order valence-electron chi connectivity index (χ3n) is 5.57. The molecular weight excluding hydrogens is 356 g/mol. The van der Waals surface area contributed by atoms with Crippen molar-refractivity contribution in [2.24, 2.45) is 0 Å². The quantitative estimate of drug-likeness (QED) is 0.640. The second-order valence-corrected chi connectivity index (χ2v) is 7.28. The van der Waals surface area contributed by atoms with Gasteiger partial charge in [0.25, 0.3) is 5.78 Å². The van der Waals surface area contributed by atoms with Crippen molar-refractivity contribution >= 4 is 17.4 Å². The van der Waals surface area contributed by atoms with Gasteiger partial charge in [0, 0.05) is 64.7 Å². The number of hydrogen-bond acceptors (Lipinski definition) is 8. The molecule has 3 aromatic heterocycles. The number of anilines is 2. The lowest BCUT2D eigenvalue weighted by molar-refractivity contribution is 0.156. The van der Waals surface area contributed by atoms with Crippen LogP contribution in [0.15, 0.2) is 36.8 Å². The fourth-order valence-corrected chi connectivity index (χ4v) is 4.02. The SMILES string of the molecule is COCc1cc(N2CC(N3CCN(c4ccccn4)CC3)C2)n2ncnc2n1. The zero-order chi connectivity index (χ0) is 18.9. The number of ether oxygens (including phenoxy) is 1. The maximum atomic E-state index is 5.25. The summed E-state index contributed by atoms with van der Waals surface area (Å²) < 4.78 is 7.06. The van der Waals surface area contributed by atoms with Crippen LogP contribution < -0.4 is 9.80 Å². The molecule has 9 nitrogen and oxygen atoms in total. The molecule has 5 rings (SSSR count). The van der Waals surface area contributed by atoms with Crippen LogP contribution in [0.25, 0.3) is 5.78 Å². The minimum absolute atomic E-state index is 0.475. The van der Waals surface area contributed by atoms with Crippen LogP contribution in [0.1, 0.15) is 5.69 Å². The number of nitrogens with zero attached hydrogens (tertiary/aromatic N) is 8. The number of aromatic nitrogens is 5. The smallest absolute Gasteiger partial charge is 0.254 e. The van der Waals surface area contributed by atoms with Gasteiger partial charge >= 0.3 is 0 Å². The van der Waals surface area contributed by atoms with Gasteiger partial charge in [0.15, 0.2) is 0 Å². The summed E-state index contributed by atoms with van der Waals surface area (Å²) in [7, 11) is 1.68. The fraction of sp³-hybridized carbons (Fsp3) is 0.474. The molecule has 0 radical (unpaired) electrons. The number of pyridine rings is 1. The second-order valence-electron chi connectivity index (χ2n) is 7.28. The summed E-state index contributed by atoms with van der Waals surface area (Å²) in [5, 5.41) is 4.34. The molecule has 0 saturated carbocycles. The van der Waals surface area contributed by atoms with Crippen LogP contribution in [-0.4, -0.2) is 81.9 Å². The van der Waals surface area contributed by atoms with Crippen LogP contribution in [0.2, 0.25) is 0 Å². The molecule has 0 amide bonds. The van der Waals surface area contributed by atoms with E-state index in [-0.39, 0.29) is 0 Å². The highest BCUT2D eigenvalue weighted by Crippen LogP contribution is 2.26. The Hall–Kier alpha value is -2.78. The van der Waals surface area contributed by atoms with E-state index in [1.807, 2.05) is 16.8 Å². The minimum atomic E-state index is 0.475. The summed E-state index contributed by atoms with van der Waals surface area (Å²) in [5.74, 6) is 2.74. The van der Waals surface area contributed by atoms with E-state index in [0.717, 1.165) is 56.6 Å². The lowest BCUT2D eigenvalue weighted by Crippen LogP contribution is -2.63. The average molecular weight is 380 g/mol. The van der Waals surface area contributed by atoms with E-state index < -0.39 is 0 Å². The zero-order valence-corrected chi connectivity index (χ0v) is 16.0. The van der Waals surface area contributed by atoms with Crippen molar-refractivity contribution in [2.75, 3.05) is 56.2 Å². The highest BCUT2D eigenvalue weighted by atomic mass is 16.5. The van der Waals surface area contributed by atoms with Crippen LogP contribution >= 0.6 is 0 Å². The highest BCUT2D eigenvalue weighted by molar-refractivity contribution is 5.50. The Labute approximate surface area is 163 Å². The van der Waals surface area contributed by atoms with Gasteiger partial charge in [0.2, 0.25) is 0 Å². The summed E-state index contributed by atoms with van der Waals surface area (Å²) in [6, 6.07) is 8.73. The van der Waals surface area contributed by atoms with Crippen molar-refractivity contribution in [2.45, 2.75) is 12.6 Å². The number of hydrogen-bond donors (Lipinski definition) is 0. The molecule has 2 aliphatic heterocycles. The molecule has 0 spiro atoms. The molecule has 5 heterocycles. The monoisotopic (exact) mass is 380 g/mol. The third kappa shape index (κ3) is 3.16. The summed E-state index contributed by atoms with van der Waals surface area (Å²) >= 11 is 0. The first-order chi connectivity index (χ1) is 13.8. The number of piperazine rings is 1. The standard InChI is InChI=1S/C19H24N8O/c1-28-13-15-10-18(27-19(23-15)21-14-22-27)26-11-16(12-26)24-6-8-25(9-7-24)17-4-2-3-5-20-17/h2-5,10,14,16H,6-9,11-13H2,1H3. The van der Waals surface area contributed by atoms with E-state index in [9.17, 15) is 0 Å². The molecule has 0 aliphatic carbocycles. The van der Waals surface area contributed by atoms with Crippen LogP contribution in [0.4, 0.5) is 11.6 Å². The van der Waals surface area contributed by atoms with E-state index in [4.69, 9.17) is 4.74 Å². The molecule has 2 aliphatic rings. The Morgan fingerprint density at radius 3 is 2.68 bits per heavy atom. The van der Waals surface area contributed by atoms with Gasteiger partial charge in [-0.15, -0.1) is 0 Å². The number of fused-ring (bicyclic) bond motifs is 1. The molecule has 0 bridgehead atoms. The Morgan fingerprint density at radius 1 is 1.07 bits per heavy atom. The Balaban J connectivity index is 1.23. The summed E-state index contributed by atoms with van der Waals surface area (Å²) in [6.45, 7) is 6.65. The van der Waals surface area contributed by atoms with Crippen molar-refractivity contribution in [3.63, 3.8) is 0 Å². The molecule has 2 saturated heterocycles. The van der Waals surface area contributed by atoms with Gasteiger partial charge in [-0.2, -0.15) is 14.6 Å². The maximum absolute atomic E-state index is 5.25. The van der Waals surface area contributed by atoms with Crippen LogP contribution in [-0.2, 0) is 11.3 Å². The highest BCUT2D eigenvalue weighted by Gasteiger charge is 2.35. The summed E-state index contributed by atoms with van der Waals surface area (Å²) in [5.41, 5.74) is 0.880. The fourth-order valence-electron chi connectivity index (χ4n) is 4.02. The molecule has 2 fully saturated rings. The predicted octanol–water partition coefficient (Wildman–Crippen LogP) is 0.677.